The molecule has 0 amide bonds. The number of aliphatic hydroxyl groups excluding tert-OH is 1. The quantitative estimate of drug-likeness (QED) is 0.771. The lowest BCUT2D eigenvalue weighted by Crippen LogP contribution is -2.00. The average molecular weight is 210 g/mol. The molecular formula is C11H14O2S. The van der Waals surface area contributed by atoms with E-state index in [0.29, 0.717) is 0 Å². The van der Waals surface area contributed by atoms with Crippen molar-refractivity contribution in [2.45, 2.75) is 18.3 Å². The van der Waals surface area contributed by atoms with Gasteiger partial charge >= 0.3 is 0 Å². The number of thioether (sulfide) groups is 1. The van der Waals surface area contributed by atoms with Crippen molar-refractivity contribution in [3.8, 4) is 5.75 Å². The Bertz CT molecular complexity index is 325. The smallest absolute Gasteiger partial charge is 0.119 e. The Morgan fingerprint density at radius 2 is 2.36 bits per heavy atom. The van der Waals surface area contributed by atoms with E-state index < -0.39 is 0 Å². The molecule has 14 heavy (non-hydrogen) atoms. The fourth-order valence-electron chi connectivity index (χ4n) is 1.67. The first-order valence-corrected chi connectivity index (χ1v) is 5.89. The summed E-state index contributed by atoms with van der Waals surface area (Å²) in [6.45, 7) is 0. The monoisotopic (exact) mass is 210 g/mol. The number of benzene rings is 1. The number of hydrogen-bond acceptors (Lipinski definition) is 3. The van der Waals surface area contributed by atoms with E-state index in [1.807, 2.05) is 23.9 Å². The summed E-state index contributed by atoms with van der Waals surface area (Å²) in [5.41, 5.74) is 2.27. The van der Waals surface area contributed by atoms with Gasteiger partial charge in [-0.1, -0.05) is 6.07 Å². The summed E-state index contributed by atoms with van der Waals surface area (Å²) >= 11 is 1.87. The standard InChI is InChI=1S/C11H14O2S/c1-13-9-3-2-8-7-14-5-4-11(12)10(8)6-9/h2-3,6,11-12H,4-5,7H2,1H3/t11-/m0/s1. The molecular weight excluding hydrogens is 196 g/mol. The Balaban J connectivity index is 2.39. The van der Waals surface area contributed by atoms with Crippen molar-refractivity contribution < 1.29 is 9.84 Å². The molecule has 2 rings (SSSR count). The number of rotatable bonds is 1. The predicted octanol–water partition coefficient (Wildman–Crippen LogP) is 2.37. The molecule has 76 valence electrons. The van der Waals surface area contributed by atoms with Gasteiger partial charge in [0.25, 0.3) is 0 Å². The lowest BCUT2D eigenvalue weighted by Gasteiger charge is -2.12. The van der Waals surface area contributed by atoms with Crippen LogP contribution in [-0.4, -0.2) is 18.0 Å². The second-order valence-electron chi connectivity index (χ2n) is 3.42. The van der Waals surface area contributed by atoms with Crippen molar-refractivity contribution >= 4 is 11.8 Å². The van der Waals surface area contributed by atoms with Crippen molar-refractivity contribution in [1.82, 2.24) is 0 Å². The van der Waals surface area contributed by atoms with E-state index in [1.165, 1.54) is 5.56 Å². The van der Waals surface area contributed by atoms with Crippen molar-refractivity contribution in [3.63, 3.8) is 0 Å². The van der Waals surface area contributed by atoms with Crippen LogP contribution in [0.4, 0.5) is 0 Å². The van der Waals surface area contributed by atoms with Gasteiger partial charge in [0.1, 0.15) is 5.75 Å². The molecule has 0 saturated carbocycles. The molecule has 2 nitrogen and oxygen atoms in total. The van der Waals surface area contributed by atoms with E-state index in [0.717, 1.165) is 29.2 Å². The van der Waals surface area contributed by atoms with Crippen molar-refractivity contribution in [1.29, 1.82) is 0 Å². The third kappa shape index (κ3) is 1.88. The van der Waals surface area contributed by atoms with Gasteiger partial charge in [0.05, 0.1) is 13.2 Å². The molecule has 0 saturated heterocycles. The summed E-state index contributed by atoms with van der Waals surface area (Å²) in [5.74, 6) is 2.85. The zero-order chi connectivity index (χ0) is 9.97. The van der Waals surface area contributed by atoms with Gasteiger partial charge in [-0.15, -0.1) is 0 Å². The van der Waals surface area contributed by atoms with Gasteiger partial charge < -0.3 is 9.84 Å². The van der Waals surface area contributed by atoms with Crippen LogP contribution in [-0.2, 0) is 5.75 Å². The fourth-order valence-corrected chi connectivity index (χ4v) is 2.69. The van der Waals surface area contributed by atoms with E-state index in [2.05, 4.69) is 6.07 Å². The van der Waals surface area contributed by atoms with Gasteiger partial charge in [-0.25, -0.2) is 0 Å². The Kier molecular flexibility index (Phi) is 2.99. The molecule has 0 fully saturated rings. The predicted molar refractivity (Wildman–Crippen MR) is 58.7 cm³/mol. The first kappa shape index (κ1) is 9.87. The van der Waals surface area contributed by atoms with Crippen LogP contribution in [0.15, 0.2) is 18.2 Å². The maximum Gasteiger partial charge on any atom is 0.119 e. The summed E-state index contributed by atoms with van der Waals surface area (Å²) in [7, 11) is 1.65. The largest absolute Gasteiger partial charge is 0.497 e. The SMILES string of the molecule is COc1ccc2c(c1)[C@@H](O)CCSC2. The molecule has 1 aromatic carbocycles. The number of fused-ring (bicyclic) bond motifs is 1. The van der Waals surface area contributed by atoms with E-state index in [-0.39, 0.29) is 6.10 Å². The van der Waals surface area contributed by atoms with E-state index >= 15 is 0 Å². The van der Waals surface area contributed by atoms with E-state index in [4.69, 9.17) is 4.74 Å². The summed E-state index contributed by atoms with van der Waals surface area (Å²) < 4.78 is 5.15. The second kappa shape index (κ2) is 4.24. The molecule has 0 aliphatic carbocycles. The average Bonchev–Trinajstić information content (AvgIpc) is 2.40. The zero-order valence-electron chi connectivity index (χ0n) is 8.19. The summed E-state index contributed by atoms with van der Waals surface area (Å²) in [4.78, 5) is 0. The van der Waals surface area contributed by atoms with Crippen LogP contribution in [0.2, 0.25) is 0 Å². The molecule has 0 spiro atoms. The van der Waals surface area contributed by atoms with Crippen LogP contribution >= 0.6 is 11.8 Å². The highest BCUT2D eigenvalue weighted by Gasteiger charge is 2.16. The molecule has 0 radical (unpaired) electrons. The summed E-state index contributed by atoms with van der Waals surface area (Å²) in [5, 5.41) is 9.89. The third-order valence-electron chi connectivity index (χ3n) is 2.51. The summed E-state index contributed by atoms with van der Waals surface area (Å²) in [6.07, 6.45) is 0.514. The number of methoxy groups -OCH3 is 1. The van der Waals surface area contributed by atoms with Gasteiger partial charge in [-0.05, 0) is 35.4 Å². The molecule has 1 atom stereocenters. The first-order chi connectivity index (χ1) is 6.81. The van der Waals surface area contributed by atoms with Gasteiger partial charge in [0.15, 0.2) is 0 Å². The second-order valence-corrected chi connectivity index (χ2v) is 4.53. The Morgan fingerprint density at radius 3 is 3.14 bits per heavy atom. The topological polar surface area (TPSA) is 29.5 Å². The Labute approximate surface area is 88.3 Å². The lowest BCUT2D eigenvalue weighted by molar-refractivity contribution is 0.174. The van der Waals surface area contributed by atoms with Gasteiger partial charge in [-0.3, -0.25) is 0 Å². The Morgan fingerprint density at radius 1 is 1.50 bits per heavy atom. The third-order valence-corrected chi connectivity index (χ3v) is 3.54. The van der Waals surface area contributed by atoms with Gasteiger partial charge in [-0.2, -0.15) is 11.8 Å². The molecule has 0 unspecified atom stereocenters. The molecule has 1 aromatic rings. The molecule has 1 aliphatic rings. The van der Waals surface area contributed by atoms with Crippen LogP contribution in [0, 0.1) is 0 Å². The molecule has 0 bridgehead atoms. The minimum atomic E-state index is -0.324. The number of aliphatic hydroxyl groups is 1. The highest BCUT2D eigenvalue weighted by atomic mass is 32.2. The normalized spacial score (nSPS) is 21.1. The van der Waals surface area contributed by atoms with Crippen molar-refractivity contribution in [3.05, 3.63) is 29.3 Å². The number of ether oxygens (including phenoxy) is 1. The van der Waals surface area contributed by atoms with E-state index in [9.17, 15) is 5.11 Å². The van der Waals surface area contributed by atoms with Crippen LogP contribution in [0.25, 0.3) is 0 Å². The maximum atomic E-state index is 9.89. The van der Waals surface area contributed by atoms with Gasteiger partial charge in [0, 0.05) is 5.75 Å². The zero-order valence-corrected chi connectivity index (χ0v) is 9.01. The Hall–Kier alpha value is -0.670. The first-order valence-electron chi connectivity index (χ1n) is 4.74. The fraction of sp³-hybridized carbons (Fsp3) is 0.455. The van der Waals surface area contributed by atoms with Crippen LogP contribution < -0.4 is 4.74 Å². The van der Waals surface area contributed by atoms with Crippen LogP contribution in [0.5, 0.6) is 5.75 Å². The molecule has 3 heteroatoms. The minimum Gasteiger partial charge on any atom is -0.497 e. The highest BCUT2D eigenvalue weighted by molar-refractivity contribution is 7.98. The van der Waals surface area contributed by atoms with Crippen LogP contribution in [0.3, 0.4) is 0 Å². The van der Waals surface area contributed by atoms with Crippen molar-refractivity contribution in [2.24, 2.45) is 0 Å². The van der Waals surface area contributed by atoms with Crippen molar-refractivity contribution in [2.75, 3.05) is 12.9 Å². The molecule has 1 N–H and O–H groups in total. The lowest BCUT2D eigenvalue weighted by atomic mass is 10.0. The van der Waals surface area contributed by atoms with E-state index in [1.54, 1.807) is 7.11 Å². The maximum absolute atomic E-state index is 9.89. The van der Waals surface area contributed by atoms with Crippen LogP contribution in [0.1, 0.15) is 23.7 Å². The molecule has 1 heterocycles. The molecule has 0 aromatic heterocycles. The summed E-state index contributed by atoms with van der Waals surface area (Å²) in [6, 6.07) is 5.96. The minimum absolute atomic E-state index is 0.324. The molecule has 1 aliphatic heterocycles. The van der Waals surface area contributed by atoms with Gasteiger partial charge in [0.2, 0.25) is 0 Å². The number of hydrogen-bond donors (Lipinski definition) is 1. The highest BCUT2D eigenvalue weighted by Crippen LogP contribution is 2.32.